The second-order valence-corrected chi connectivity index (χ2v) is 8.64. The fourth-order valence-electron chi connectivity index (χ4n) is 4.22. The molecular weight excluding hydrogens is 484 g/mol. The molecule has 0 spiro atoms. The number of ether oxygens (including phenoxy) is 3. The third kappa shape index (κ3) is 4.65. The Balaban J connectivity index is 1.72. The van der Waals surface area contributed by atoms with Gasteiger partial charge in [-0.2, -0.15) is 0 Å². The molecule has 33 heavy (non-hydrogen) atoms. The van der Waals surface area contributed by atoms with Gasteiger partial charge in [0, 0.05) is 30.3 Å². The summed E-state index contributed by atoms with van der Waals surface area (Å²) in [6, 6.07) is 11.6. The van der Waals surface area contributed by atoms with Gasteiger partial charge in [0.05, 0.1) is 38.1 Å². The van der Waals surface area contributed by atoms with Gasteiger partial charge in [-0.1, -0.05) is 34.6 Å². The Morgan fingerprint density at radius 2 is 1.97 bits per heavy atom. The molecule has 2 aromatic rings. The molecule has 0 radical (unpaired) electrons. The van der Waals surface area contributed by atoms with Gasteiger partial charge in [-0.15, -0.1) is 5.73 Å². The largest absolute Gasteiger partial charge is 0.497 e. The summed E-state index contributed by atoms with van der Waals surface area (Å²) in [6.07, 6.45) is 5.37. The molecule has 0 N–H and O–H groups in total. The first-order chi connectivity index (χ1) is 16.1. The Bertz CT molecular complexity index is 1110. The van der Waals surface area contributed by atoms with Crippen LogP contribution in [0, 0.1) is 0 Å². The van der Waals surface area contributed by atoms with Crippen LogP contribution in [-0.4, -0.2) is 49.6 Å². The summed E-state index contributed by atoms with van der Waals surface area (Å²) in [6.45, 7) is 4.92. The molecule has 2 heterocycles. The molecule has 0 aliphatic carbocycles. The van der Waals surface area contributed by atoms with E-state index in [0.717, 1.165) is 40.7 Å². The summed E-state index contributed by atoms with van der Waals surface area (Å²) in [7, 11) is 3.24. The number of carbonyl (C=O) groups excluding carboxylic acids is 1. The number of hydrogen-bond donors (Lipinski definition) is 0. The zero-order valence-corrected chi connectivity index (χ0v) is 20.4. The van der Waals surface area contributed by atoms with E-state index >= 15 is 0 Å². The number of anilines is 1. The van der Waals surface area contributed by atoms with Crippen molar-refractivity contribution in [2.45, 2.75) is 18.9 Å². The lowest BCUT2D eigenvalue weighted by molar-refractivity contribution is 0.0795. The smallest absolute Gasteiger partial charge is 0.260 e. The Morgan fingerprint density at radius 1 is 1.18 bits per heavy atom. The Kier molecular flexibility index (Phi) is 7.11. The van der Waals surface area contributed by atoms with Gasteiger partial charge >= 0.3 is 0 Å². The van der Waals surface area contributed by atoms with Crippen LogP contribution in [0.4, 0.5) is 5.69 Å². The predicted molar refractivity (Wildman–Crippen MR) is 134 cm³/mol. The number of hydrogen-bond acceptors (Lipinski definition) is 5. The Morgan fingerprint density at radius 3 is 2.64 bits per heavy atom. The molecule has 4 rings (SSSR count). The van der Waals surface area contributed by atoms with Crippen LogP contribution in [-0.2, 0) is 0 Å². The number of methoxy groups -OCH3 is 2. The second-order valence-electron chi connectivity index (χ2n) is 7.85. The summed E-state index contributed by atoms with van der Waals surface area (Å²) >= 11 is 3.42. The van der Waals surface area contributed by atoms with Crippen molar-refractivity contribution in [1.29, 1.82) is 0 Å². The van der Waals surface area contributed by atoms with Crippen LogP contribution in [0.15, 0.2) is 61.1 Å². The Labute approximate surface area is 202 Å². The Hall–Kier alpha value is -3.15. The topological polar surface area (TPSA) is 51.2 Å². The summed E-state index contributed by atoms with van der Waals surface area (Å²) in [5.74, 6) is 1.89. The standard InChI is InChI=1S/C26H27BrN2O4/c1-4-11-28-17-20-13-19(18-6-8-21(31-2)9-7-18)16-29(20)26(30)22-14-24(32-3)25(15-23(22)28)33-12-5-10-27/h6-9,11,14-16,20H,1,5,10,12-13,17H2,2-3H3/t20-/m0/s1. The van der Waals surface area contributed by atoms with Gasteiger partial charge in [0.15, 0.2) is 11.5 Å². The number of carbonyl (C=O) groups is 1. The zero-order valence-electron chi connectivity index (χ0n) is 18.8. The fourth-order valence-corrected chi connectivity index (χ4v) is 4.45. The van der Waals surface area contributed by atoms with Gasteiger partial charge in [0.2, 0.25) is 0 Å². The quantitative estimate of drug-likeness (QED) is 0.276. The maximum absolute atomic E-state index is 13.7. The first-order valence-electron chi connectivity index (χ1n) is 10.8. The minimum absolute atomic E-state index is 0.0182. The summed E-state index contributed by atoms with van der Waals surface area (Å²) in [4.78, 5) is 17.5. The molecule has 2 aliphatic heterocycles. The molecule has 6 nitrogen and oxygen atoms in total. The third-order valence-electron chi connectivity index (χ3n) is 5.85. The lowest BCUT2D eigenvalue weighted by Gasteiger charge is -2.24. The van der Waals surface area contributed by atoms with Crippen LogP contribution in [0.5, 0.6) is 17.2 Å². The highest BCUT2D eigenvalue weighted by molar-refractivity contribution is 9.09. The van der Waals surface area contributed by atoms with Gasteiger partial charge in [-0.25, -0.2) is 0 Å². The molecule has 0 unspecified atom stereocenters. The highest BCUT2D eigenvalue weighted by atomic mass is 79.9. The number of amides is 1. The van der Waals surface area contributed by atoms with E-state index in [1.54, 1.807) is 26.5 Å². The molecule has 0 saturated heterocycles. The van der Waals surface area contributed by atoms with E-state index in [4.69, 9.17) is 14.2 Å². The van der Waals surface area contributed by atoms with Crippen molar-refractivity contribution < 1.29 is 19.0 Å². The highest BCUT2D eigenvalue weighted by Gasteiger charge is 2.37. The number of fused-ring (bicyclic) bond motifs is 2. The van der Waals surface area contributed by atoms with Crippen molar-refractivity contribution in [2.24, 2.45) is 0 Å². The molecule has 2 aliphatic rings. The molecular formula is C26H27BrN2O4. The van der Waals surface area contributed by atoms with Crippen molar-refractivity contribution in [3.8, 4) is 17.2 Å². The lowest BCUT2D eigenvalue weighted by Crippen LogP contribution is -2.36. The van der Waals surface area contributed by atoms with Gasteiger partial charge in [0.1, 0.15) is 5.75 Å². The van der Waals surface area contributed by atoms with Gasteiger partial charge in [-0.05, 0) is 42.2 Å². The normalized spacial score (nSPS) is 16.9. The minimum atomic E-state index is -0.0659. The van der Waals surface area contributed by atoms with Crippen molar-refractivity contribution >= 4 is 33.1 Å². The number of nitrogens with zero attached hydrogens (tertiary/aromatic N) is 2. The number of rotatable bonds is 8. The van der Waals surface area contributed by atoms with Crippen molar-refractivity contribution in [3.05, 3.63) is 72.2 Å². The zero-order chi connectivity index (χ0) is 23.4. The van der Waals surface area contributed by atoms with Crippen LogP contribution < -0.4 is 19.1 Å². The van der Waals surface area contributed by atoms with Crippen LogP contribution in [0.3, 0.4) is 0 Å². The van der Waals surface area contributed by atoms with Crippen LogP contribution in [0.25, 0.3) is 5.57 Å². The molecule has 2 aromatic carbocycles. The summed E-state index contributed by atoms with van der Waals surface area (Å²) < 4.78 is 16.8. The van der Waals surface area contributed by atoms with E-state index in [-0.39, 0.29) is 11.9 Å². The summed E-state index contributed by atoms with van der Waals surface area (Å²) in [5.41, 5.74) is 6.38. The van der Waals surface area contributed by atoms with Crippen LogP contribution in [0.1, 0.15) is 28.8 Å². The molecule has 172 valence electrons. The molecule has 1 atom stereocenters. The SMILES string of the molecule is C=C=CN1C[C@@H]2CC(c3ccc(OC)cc3)=CN2C(=O)c2cc(OC)c(OCCCBr)cc21. The predicted octanol–water partition coefficient (Wildman–Crippen LogP) is 5.24. The lowest BCUT2D eigenvalue weighted by atomic mass is 10.0. The average molecular weight is 511 g/mol. The van der Waals surface area contributed by atoms with E-state index in [1.807, 2.05) is 46.3 Å². The molecule has 0 fully saturated rings. The minimum Gasteiger partial charge on any atom is -0.497 e. The molecule has 0 aromatic heterocycles. The second kappa shape index (κ2) is 10.2. The fraction of sp³-hybridized carbons (Fsp3) is 0.308. The monoisotopic (exact) mass is 510 g/mol. The van der Waals surface area contributed by atoms with E-state index in [9.17, 15) is 4.79 Å². The van der Waals surface area contributed by atoms with E-state index < -0.39 is 0 Å². The number of halogens is 1. The first-order valence-corrected chi connectivity index (χ1v) is 11.9. The molecule has 0 saturated carbocycles. The van der Waals surface area contributed by atoms with Crippen molar-refractivity contribution in [1.82, 2.24) is 4.90 Å². The van der Waals surface area contributed by atoms with E-state index in [2.05, 4.69) is 28.2 Å². The molecule has 1 amide bonds. The third-order valence-corrected chi connectivity index (χ3v) is 6.41. The van der Waals surface area contributed by atoms with E-state index in [1.165, 1.54) is 0 Å². The highest BCUT2D eigenvalue weighted by Crippen LogP contribution is 2.41. The van der Waals surface area contributed by atoms with Crippen molar-refractivity contribution in [2.75, 3.05) is 37.6 Å². The van der Waals surface area contributed by atoms with E-state index in [0.29, 0.717) is 30.2 Å². The average Bonchev–Trinajstić information content (AvgIpc) is 3.23. The van der Waals surface area contributed by atoms with Gasteiger partial charge in [-0.3, -0.25) is 4.79 Å². The van der Waals surface area contributed by atoms with Gasteiger partial charge in [0.25, 0.3) is 5.91 Å². The van der Waals surface area contributed by atoms with Crippen LogP contribution in [0.2, 0.25) is 0 Å². The first kappa shape index (κ1) is 23.0. The summed E-state index contributed by atoms with van der Waals surface area (Å²) in [5, 5.41) is 0.851. The van der Waals surface area contributed by atoms with Crippen molar-refractivity contribution in [3.63, 3.8) is 0 Å². The molecule has 7 heteroatoms. The number of benzene rings is 2. The van der Waals surface area contributed by atoms with Gasteiger partial charge < -0.3 is 24.0 Å². The maximum Gasteiger partial charge on any atom is 0.260 e. The van der Waals surface area contributed by atoms with Crippen LogP contribution >= 0.6 is 15.9 Å². The maximum atomic E-state index is 13.7. The number of alkyl halides is 1. The molecule has 0 bridgehead atoms.